The number of aromatic amines is 1. The summed E-state index contributed by atoms with van der Waals surface area (Å²) in [6.45, 7) is 1.80. The number of aryl methyl sites for hydroxylation is 1. The highest BCUT2D eigenvalue weighted by atomic mass is 127. The van der Waals surface area contributed by atoms with E-state index in [9.17, 15) is 9.59 Å². The summed E-state index contributed by atoms with van der Waals surface area (Å²) >= 11 is 2.08. The molecule has 0 aliphatic heterocycles. The summed E-state index contributed by atoms with van der Waals surface area (Å²) in [7, 11) is 1.47. The third kappa shape index (κ3) is 5.19. The van der Waals surface area contributed by atoms with Crippen LogP contribution in [-0.2, 0) is 0 Å². The minimum absolute atomic E-state index is 0.245. The van der Waals surface area contributed by atoms with Gasteiger partial charge in [-0.1, -0.05) is 12.1 Å². The standard InChI is InChI=1S/C20H17IN4O4/c1-12-9-16(24-23-12)19(26)25-22-11-13-7-8-17(18(10-13)28-2)29-20(27)14-5-3-4-6-15(14)21/h3-11H,1-2H3,(H,23,24)(H,25,26)/b22-11-. The molecule has 0 aliphatic rings. The number of nitrogens with zero attached hydrogens (tertiary/aromatic N) is 2. The first-order valence-electron chi connectivity index (χ1n) is 8.48. The molecule has 0 saturated carbocycles. The Bertz CT molecular complexity index is 1080. The number of carbonyl (C=O) groups is 2. The van der Waals surface area contributed by atoms with E-state index in [1.807, 2.05) is 12.1 Å². The van der Waals surface area contributed by atoms with Crippen molar-refractivity contribution in [1.82, 2.24) is 15.6 Å². The fourth-order valence-corrected chi connectivity index (χ4v) is 3.00. The second-order valence-corrected chi connectivity index (χ2v) is 7.08. The zero-order chi connectivity index (χ0) is 20.8. The van der Waals surface area contributed by atoms with Crippen LogP contribution in [0.25, 0.3) is 0 Å². The third-order valence-corrected chi connectivity index (χ3v) is 4.74. The van der Waals surface area contributed by atoms with Crippen LogP contribution in [0.3, 0.4) is 0 Å². The van der Waals surface area contributed by atoms with Gasteiger partial charge in [0.1, 0.15) is 0 Å². The second-order valence-electron chi connectivity index (χ2n) is 5.91. The highest BCUT2D eigenvalue weighted by Crippen LogP contribution is 2.28. The number of ether oxygens (including phenoxy) is 2. The lowest BCUT2D eigenvalue weighted by Crippen LogP contribution is -2.18. The first kappa shape index (κ1) is 20.5. The smallest absolute Gasteiger partial charge is 0.344 e. The van der Waals surface area contributed by atoms with Crippen LogP contribution in [0.15, 0.2) is 53.6 Å². The molecule has 148 valence electrons. The highest BCUT2D eigenvalue weighted by molar-refractivity contribution is 14.1. The van der Waals surface area contributed by atoms with Gasteiger partial charge in [0.15, 0.2) is 17.2 Å². The number of halogens is 1. The maximum atomic E-state index is 12.4. The summed E-state index contributed by atoms with van der Waals surface area (Å²) in [4.78, 5) is 24.3. The number of H-pyrrole nitrogens is 1. The zero-order valence-electron chi connectivity index (χ0n) is 15.6. The van der Waals surface area contributed by atoms with Crippen molar-refractivity contribution in [3.8, 4) is 11.5 Å². The first-order valence-corrected chi connectivity index (χ1v) is 9.56. The third-order valence-electron chi connectivity index (χ3n) is 3.80. The van der Waals surface area contributed by atoms with Gasteiger partial charge >= 0.3 is 5.97 Å². The van der Waals surface area contributed by atoms with Gasteiger partial charge in [-0.05, 0) is 71.5 Å². The van der Waals surface area contributed by atoms with Crippen molar-refractivity contribution in [3.63, 3.8) is 0 Å². The van der Waals surface area contributed by atoms with Gasteiger partial charge in [-0.25, -0.2) is 10.2 Å². The van der Waals surface area contributed by atoms with E-state index in [0.29, 0.717) is 16.9 Å². The minimum Gasteiger partial charge on any atom is -0.493 e. The summed E-state index contributed by atoms with van der Waals surface area (Å²) in [5.74, 6) is -0.260. The maximum absolute atomic E-state index is 12.4. The lowest BCUT2D eigenvalue weighted by atomic mass is 10.2. The number of benzene rings is 2. The van der Waals surface area contributed by atoms with E-state index in [2.05, 4.69) is 43.3 Å². The molecule has 2 N–H and O–H groups in total. The molecule has 1 aromatic heterocycles. The van der Waals surface area contributed by atoms with Crippen molar-refractivity contribution >= 4 is 40.7 Å². The summed E-state index contributed by atoms with van der Waals surface area (Å²) in [5, 5.41) is 10.5. The summed E-state index contributed by atoms with van der Waals surface area (Å²) in [6.07, 6.45) is 1.45. The molecule has 1 amide bonds. The molecule has 0 bridgehead atoms. The van der Waals surface area contributed by atoms with Gasteiger partial charge in [-0.2, -0.15) is 10.2 Å². The van der Waals surface area contributed by atoms with E-state index in [1.165, 1.54) is 13.3 Å². The molecule has 9 heteroatoms. The van der Waals surface area contributed by atoms with Gasteiger partial charge in [0.05, 0.1) is 18.9 Å². The van der Waals surface area contributed by atoms with Crippen LogP contribution >= 0.6 is 22.6 Å². The largest absolute Gasteiger partial charge is 0.493 e. The Morgan fingerprint density at radius 2 is 1.97 bits per heavy atom. The number of amides is 1. The van der Waals surface area contributed by atoms with Crippen molar-refractivity contribution in [2.45, 2.75) is 6.92 Å². The van der Waals surface area contributed by atoms with Crippen LogP contribution in [0.4, 0.5) is 0 Å². The van der Waals surface area contributed by atoms with Gasteiger partial charge in [-0.3, -0.25) is 9.89 Å². The van der Waals surface area contributed by atoms with Crippen molar-refractivity contribution in [3.05, 3.63) is 74.6 Å². The van der Waals surface area contributed by atoms with E-state index >= 15 is 0 Å². The van der Waals surface area contributed by atoms with E-state index in [1.54, 1.807) is 43.3 Å². The van der Waals surface area contributed by atoms with Gasteiger partial charge in [0.25, 0.3) is 5.91 Å². The number of rotatable bonds is 6. The number of carbonyl (C=O) groups excluding carboxylic acids is 2. The van der Waals surface area contributed by atoms with Crippen molar-refractivity contribution < 1.29 is 19.1 Å². The van der Waals surface area contributed by atoms with Gasteiger partial charge in [0, 0.05) is 9.26 Å². The lowest BCUT2D eigenvalue weighted by molar-refractivity contribution is 0.0728. The van der Waals surface area contributed by atoms with Crippen LogP contribution in [0.5, 0.6) is 11.5 Å². The molecule has 0 aliphatic carbocycles. The molecule has 0 atom stereocenters. The summed E-state index contributed by atoms with van der Waals surface area (Å²) in [5.41, 5.74) is 4.53. The van der Waals surface area contributed by atoms with Crippen LogP contribution < -0.4 is 14.9 Å². The number of hydrazone groups is 1. The first-order chi connectivity index (χ1) is 14.0. The fourth-order valence-electron chi connectivity index (χ4n) is 2.39. The Kier molecular flexibility index (Phi) is 6.60. The Hall–Kier alpha value is -3.21. The number of methoxy groups -OCH3 is 1. The predicted octanol–water partition coefficient (Wildman–Crippen LogP) is 3.31. The topological polar surface area (TPSA) is 106 Å². The monoisotopic (exact) mass is 504 g/mol. The highest BCUT2D eigenvalue weighted by Gasteiger charge is 2.15. The number of aromatic nitrogens is 2. The van der Waals surface area contributed by atoms with Gasteiger partial charge in [0.2, 0.25) is 0 Å². The van der Waals surface area contributed by atoms with E-state index < -0.39 is 11.9 Å². The van der Waals surface area contributed by atoms with Crippen molar-refractivity contribution in [1.29, 1.82) is 0 Å². The molecular weight excluding hydrogens is 487 g/mol. The molecule has 0 fully saturated rings. The van der Waals surface area contributed by atoms with Crippen LogP contribution in [0.2, 0.25) is 0 Å². The van der Waals surface area contributed by atoms with Crippen LogP contribution in [0.1, 0.15) is 32.1 Å². The van der Waals surface area contributed by atoms with Gasteiger partial charge < -0.3 is 9.47 Å². The number of hydrogen-bond donors (Lipinski definition) is 2. The Morgan fingerprint density at radius 1 is 1.17 bits per heavy atom. The molecule has 0 spiro atoms. The number of nitrogens with one attached hydrogen (secondary N) is 2. The molecule has 8 nitrogen and oxygen atoms in total. The minimum atomic E-state index is -0.476. The number of hydrogen-bond acceptors (Lipinski definition) is 6. The Balaban J connectivity index is 1.69. The average molecular weight is 504 g/mol. The van der Waals surface area contributed by atoms with Crippen LogP contribution in [-0.4, -0.2) is 35.4 Å². The molecule has 2 aromatic carbocycles. The molecule has 0 radical (unpaired) electrons. The molecule has 3 rings (SSSR count). The molecule has 29 heavy (non-hydrogen) atoms. The molecule has 0 saturated heterocycles. The summed E-state index contributed by atoms with van der Waals surface area (Å²) in [6, 6.07) is 13.7. The van der Waals surface area contributed by atoms with E-state index in [0.717, 1.165) is 9.26 Å². The SMILES string of the molecule is COc1cc(/C=N\NC(=O)c2cc(C)[nH]n2)ccc1OC(=O)c1ccccc1I. The normalized spacial score (nSPS) is 10.7. The quantitative estimate of drug-likeness (QED) is 0.176. The maximum Gasteiger partial charge on any atom is 0.344 e. The molecule has 0 unspecified atom stereocenters. The molecule has 3 aromatic rings. The van der Waals surface area contributed by atoms with E-state index in [-0.39, 0.29) is 11.4 Å². The van der Waals surface area contributed by atoms with Crippen molar-refractivity contribution in [2.24, 2.45) is 5.10 Å². The Labute approximate surface area is 180 Å². The Morgan fingerprint density at radius 3 is 2.66 bits per heavy atom. The van der Waals surface area contributed by atoms with Crippen LogP contribution in [0, 0.1) is 10.5 Å². The second kappa shape index (κ2) is 9.32. The predicted molar refractivity (Wildman–Crippen MR) is 115 cm³/mol. The van der Waals surface area contributed by atoms with Crippen molar-refractivity contribution in [2.75, 3.05) is 7.11 Å². The molecule has 1 heterocycles. The van der Waals surface area contributed by atoms with E-state index in [4.69, 9.17) is 9.47 Å². The fraction of sp³-hybridized carbons (Fsp3) is 0.100. The van der Waals surface area contributed by atoms with Gasteiger partial charge in [-0.15, -0.1) is 0 Å². The molecular formula is C20H17IN4O4. The lowest BCUT2D eigenvalue weighted by Gasteiger charge is -2.10. The average Bonchev–Trinajstić information content (AvgIpc) is 3.15. The zero-order valence-corrected chi connectivity index (χ0v) is 17.8. The summed E-state index contributed by atoms with van der Waals surface area (Å²) < 4.78 is 11.6. The number of esters is 1.